The molecule has 10 heteroatoms. The smallest absolute Gasteiger partial charge is 0.190 e. The van der Waals surface area contributed by atoms with E-state index in [2.05, 4.69) is 47.7 Å². The molecule has 2 heterocycles. The van der Waals surface area contributed by atoms with E-state index in [-0.39, 0.29) is 28.7 Å². The number of furan rings is 1. The van der Waals surface area contributed by atoms with Crippen molar-refractivity contribution in [3.63, 3.8) is 0 Å². The summed E-state index contributed by atoms with van der Waals surface area (Å²) in [6.45, 7) is 10.5. The number of ether oxygens (including phenoxy) is 1. The molecule has 0 radical (unpaired) electrons. The molecule has 14 unspecified atom stereocenters. The molecule has 14 atom stereocenters. The average Bonchev–Trinajstić information content (AvgIpc) is 3.65. The monoisotopic (exact) mass is 783 g/mol. The fourth-order valence-corrected chi connectivity index (χ4v) is 14.4. The molecule has 7 fully saturated rings. The summed E-state index contributed by atoms with van der Waals surface area (Å²) in [7, 11) is 1.71. The van der Waals surface area contributed by atoms with Crippen LogP contribution in [-0.4, -0.2) is 65.3 Å². The van der Waals surface area contributed by atoms with Gasteiger partial charge in [-0.3, -0.25) is 9.98 Å². The Morgan fingerprint density at radius 1 is 0.930 bits per heavy atom. The molecule has 7 aliphatic rings. The number of nitrogens with one attached hydrogen (secondary N) is 2. The number of aliphatic hydroxyl groups excluding tert-OH is 1. The van der Waals surface area contributed by atoms with E-state index in [1.54, 1.807) is 19.6 Å². The number of epoxide rings is 1. The number of hydrogen-bond donors (Lipinski definition) is 6. The quantitative estimate of drug-likeness (QED) is 0.0539. The molecule has 57 heavy (non-hydrogen) atoms. The minimum Gasteiger partial charge on any atom is -0.471 e. The first-order chi connectivity index (χ1) is 27.3. The lowest BCUT2D eigenvalue weighted by Gasteiger charge is -2.58. The SMILES string of the molecule is C=C1CC2(CCC(C3CCC4CCC(O)CC4(O)C3)C2)C2OC2(C)CCC2C1CC2(C)C1CCC(C(NC(N)=NC)NC(N)=NCCc2cccc3cocc23)C1. The number of hydrogen-bond acceptors (Lipinski definition) is 6. The van der Waals surface area contributed by atoms with Crippen LogP contribution in [0.1, 0.15) is 122 Å². The zero-order valence-electron chi connectivity index (χ0n) is 34.9. The largest absolute Gasteiger partial charge is 0.471 e. The van der Waals surface area contributed by atoms with Gasteiger partial charge >= 0.3 is 0 Å². The van der Waals surface area contributed by atoms with Gasteiger partial charge in [-0.15, -0.1) is 0 Å². The van der Waals surface area contributed by atoms with Crippen molar-refractivity contribution < 1.29 is 19.4 Å². The third kappa shape index (κ3) is 7.21. The van der Waals surface area contributed by atoms with Crippen LogP contribution in [0.2, 0.25) is 0 Å². The van der Waals surface area contributed by atoms with Gasteiger partial charge in [-0.25, -0.2) is 0 Å². The summed E-state index contributed by atoms with van der Waals surface area (Å²) in [6, 6.07) is 6.24. The average molecular weight is 783 g/mol. The predicted octanol–water partition coefficient (Wildman–Crippen LogP) is 7.17. The standard InChI is InChI=1S/C47H70N6O4/c1-28-21-46(18-14-32(22-46)31-9-10-34-12-13-36(54)24-47(34,55)23-31)41-45(3,57-41)17-15-39-37(28)25-44(39,2)35-11-8-30(20-35)40(52-42(48)50-4)53-43(49)51-19-16-29-6-5-7-33-26-56-27-38(29)33/h5-7,26-27,30-32,34-37,39-41,54-55H,1,8-25H2,2-4H3,(H3,48,50,52)(H3,49,51,53). The number of aliphatic imine (C=N–C) groups is 2. The normalized spacial score (nSPS) is 43.9. The van der Waals surface area contributed by atoms with Crippen LogP contribution in [-0.2, 0) is 11.2 Å². The Kier molecular flexibility index (Phi) is 10.3. The minimum absolute atomic E-state index is 0.0417. The number of guanidine groups is 2. The second-order valence-corrected chi connectivity index (χ2v) is 20.7. The van der Waals surface area contributed by atoms with E-state index >= 15 is 0 Å². The summed E-state index contributed by atoms with van der Waals surface area (Å²) in [5.74, 6) is 4.54. The van der Waals surface area contributed by atoms with E-state index in [1.165, 1.54) is 56.1 Å². The van der Waals surface area contributed by atoms with E-state index in [9.17, 15) is 10.2 Å². The summed E-state index contributed by atoms with van der Waals surface area (Å²) in [5, 5.41) is 31.4. The van der Waals surface area contributed by atoms with Crippen molar-refractivity contribution in [2.24, 2.45) is 73.7 Å². The van der Waals surface area contributed by atoms with Crippen molar-refractivity contribution in [2.75, 3.05) is 13.6 Å². The van der Waals surface area contributed by atoms with Crippen LogP contribution in [0.15, 0.2) is 57.3 Å². The van der Waals surface area contributed by atoms with Crippen molar-refractivity contribution >= 4 is 22.7 Å². The minimum atomic E-state index is -0.675. The van der Waals surface area contributed by atoms with Crippen LogP contribution in [0.3, 0.4) is 0 Å². The van der Waals surface area contributed by atoms with Crippen molar-refractivity contribution in [1.82, 2.24) is 10.6 Å². The van der Waals surface area contributed by atoms with Gasteiger partial charge < -0.3 is 41.5 Å². The molecule has 6 aliphatic carbocycles. The highest BCUT2D eigenvalue weighted by Crippen LogP contribution is 2.69. The molecule has 10 nitrogen and oxygen atoms in total. The van der Waals surface area contributed by atoms with Crippen molar-refractivity contribution in [2.45, 2.75) is 153 Å². The Balaban J connectivity index is 0.844. The van der Waals surface area contributed by atoms with Gasteiger partial charge in [0.25, 0.3) is 0 Å². The number of benzene rings is 1. The Bertz CT molecular complexity index is 1880. The van der Waals surface area contributed by atoms with Gasteiger partial charge in [0.2, 0.25) is 0 Å². The van der Waals surface area contributed by atoms with Gasteiger partial charge in [0.15, 0.2) is 11.9 Å². The van der Waals surface area contributed by atoms with Crippen LogP contribution >= 0.6 is 0 Å². The molecule has 6 saturated carbocycles. The van der Waals surface area contributed by atoms with E-state index in [1.807, 2.05) is 0 Å². The lowest BCUT2D eigenvalue weighted by atomic mass is 9.46. The van der Waals surface area contributed by atoms with Crippen molar-refractivity contribution in [3.05, 3.63) is 48.4 Å². The van der Waals surface area contributed by atoms with Crippen LogP contribution in [0.5, 0.6) is 0 Å². The van der Waals surface area contributed by atoms with Gasteiger partial charge in [0.05, 0.1) is 35.9 Å². The highest BCUT2D eigenvalue weighted by Gasteiger charge is 2.67. The molecule has 2 aromatic rings. The Morgan fingerprint density at radius 2 is 1.72 bits per heavy atom. The number of nitrogens with zero attached hydrogens (tertiary/aromatic N) is 2. The molecule has 1 saturated heterocycles. The van der Waals surface area contributed by atoms with Gasteiger partial charge in [0.1, 0.15) is 6.17 Å². The summed E-state index contributed by atoms with van der Waals surface area (Å²) in [5.41, 5.74) is 15.2. The molecule has 9 rings (SSSR count). The maximum atomic E-state index is 11.8. The van der Waals surface area contributed by atoms with Crippen LogP contribution in [0.4, 0.5) is 0 Å². The fraction of sp³-hybridized carbons (Fsp3) is 0.745. The van der Waals surface area contributed by atoms with Crippen LogP contribution in [0, 0.1) is 52.3 Å². The number of aliphatic hydroxyl groups is 2. The Labute approximate surface area is 340 Å². The summed E-state index contributed by atoms with van der Waals surface area (Å²) in [4.78, 5) is 8.96. The zero-order valence-corrected chi connectivity index (χ0v) is 34.9. The van der Waals surface area contributed by atoms with E-state index in [4.69, 9.17) is 32.2 Å². The van der Waals surface area contributed by atoms with Crippen molar-refractivity contribution in [1.29, 1.82) is 0 Å². The molecular formula is C47H70N6O4. The lowest BCUT2D eigenvalue weighted by molar-refractivity contribution is -0.127. The first kappa shape index (κ1) is 39.4. The lowest BCUT2D eigenvalue weighted by Crippen LogP contribution is -2.56. The fourth-order valence-electron chi connectivity index (χ4n) is 14.4. The van der Waals surface area contributed by atoms with Crippen LogP contribution in [0.25, 0.3) is 10.8 Å². The Hall–Kier alpha value is -3.08. The summed E-state index contributed by atoms with van der Waals surface area (Å²) >= 11 is 0. The maximum Gasteiger partial charge on any atom is 0.190 e. The molecule has 1 spiro atoms. The third-order valence-electron chi connectivity index (χ3n) is 17.5. The predicted molar refractivity (Wildman–Crippen MR) is 226 cm³/mol. The topological polar surface area (TPSA) is 167 Å². The maximum absolute atomic E-state index is 11.8. The van der Waals surface area contributed by atoms with E-state index < -0.39 is 5.60 Å². The highest BCUT2D eigenvalue weighted by molar-refractivity contribution is 5.84. The molecular weight excluding hydrogens is 713 g/mol. The van der Waals surface area contributed by atoms with Gasteiger partial charge in [-0.1, -0.05) is 37.3 Å². The highest BCUT2D eigenvalue weighted by atomic mass is 16.6. The second-order valence-electron chi connectivity index (χ2n) is 20.7. The van der Waals surface area contributed by atoms with Gasteiger partial charge in [0, 0.05) is 36.2 Å². The molecule has 8 N–H and O–H groups in total. The van der Waals surface area contributed by atoms with Crippen molar-refractivity contribution in [3.8, 4) is 0 Å². The molecule has 0 amide bonds. The summed E-state index contributed by atoms with van der Waals surface area (Å²) in [6.07, 6.45) is 21.5. The third-order valence-corrected chi connectivity index (χ3v) is 17.5. The Morgan fingerprint density at radius 3 is 2.56 bits per heavy atom. The number of rotatable bonds is 8. The molecule has 0 bridgehead atoms. The number of fused-ring (bicyclic) bond motifs is 5. The summed E-state index contributed by atoms with van der Waals surface area (Å²) < 4.78 is 12.3. The van der Waals surface area contributed by atoms with Crippen LogP contribution < -0.4 is 22.1 Å². The van der Waals surface area contributed by atoms with E-state index in [0.29, 0.717) is 72.4 Å². The van der Waals surface area contributed by atoms with Gasteiger partial charge in [-0.2, -0.15) is 0 Å². The second kappa shape index (κ2) is 14.9. The first-order valence-electron chi connectivity index (χ1n) is 22.6. The number of allylic oxidation sites excluding steroid dienone is 1. The molecule has 312 valence electrons. The molecule has 1 aliphatic heterocycles. The molecule has 1 aromatic heterocycles. The molecule has 1 aromatic carbocycles. The number of nitrogens with two attached hydrogens (primary N) is 2. The van der Waals surface area contributed by atoms with Gasteiger partial charge in [-0.05, 0) is 162 Å². The zero-order chi connectivity index (χ0) is 39.7. The van der Waals surface area contributed by atoms with E-state index in [0.717, 1.165) is 68.6 Å². The first-order valence-corrected chi connectivity index (χ1v) is 22.6.